The van der Waals surface area contributed by atoms with Gasteiger partial charge in [-0.05, 0) is 37.4 Å². The van der Waals surface area contributed by atoms with Crippen molar-refractivity contribution >= 4 is 0 Å². The fourth-order valence-corrected chi connectivity index (χ4v) is 2.31. The maximum atomic E-state index is 14.0. The van der Waals surface area contributed by atoms with E-state index in [9.17, 15) is 8.78 Å². The van der Waals surface area contributed by atoms with Crippen LogP contribution in [0.2, 0.25) is 0 Å². The fraction of sp³-hybridized carbons (Fsp3) is 0.250. The van der Waals surface area contributed by atoms with Crippen molar-refractivity contribution in [1.82, 2.24) is 5.32 Å². The van der Waals surface area contributed by atoms with E-state index in [1.54, 1.807) is 25.2 Å². The van der Waals surface area contributed by atoms with E-state index in [0.717, 1.165) is 0 Å². The summed E-state index contributed by atoms with van der Waals surface area (Å²) in [5.74, 6) is -0.112. The summed E-state index contributed by atoms with van der Waals surface area (Å²) in [6.07, 6.45) is 0. The first-order chi connectivity index (χ1) is 10.1. The third-order valence-electron chi connectivity index (χ3n) is 3.32. The lowest BCUT2D eigenvalue weighted by Crippen LogP contribution is -2.21. The molecule has 2 rings (SSSR count). The average Bonchev–Trinajstić information content (AvgIpc) is 2.50. The second-order valence-electron chi connectivity index (χ2n) is 4.46. The Morgan fingerprint density at radius 3 is 2.19 bits per heavy atom. The minimum Gasteiger partial charge on any atom is -0.497 e. The maximum absolute atomic E-state index is 14.0. The molecule has 0 saturated carbocycles. The van der Waals surface area contributed by atoms with Gasteiger partial charge in [-0.15, -0.1) is 0 Å². The summed E-state index contributed by atoms with van der Waals surface area (Å²) in [6.45, 7) is 0. The standard InChI is InChI=1S/C16H17F2NO2/c1-19-16(15-12(17)5-4-6-13(15)18)11-9-10(20-2)7-8-14(11)21-3/h4-9,16,19H,1-3H3. The molecule has 5 heteroatoms. The van der Waals surface area contributed by atoms with Crippen LogP contribution in [0.4, 0.5) is 8.78 Å². The first kappa shape index (κ1) is 15.3. The van der Waals surface area contributed by atoms with Gasteiger partial charge < -0.3 is 14.8 Å². The highest BCUT2D eigenvalue weighted by Gasteiger charge is 2.23. The smallest absolute Gasteiger partial charge is 0.131 e. The van der Waals surface area contributed by atoms with Crippen molar-refractivity contribution in [3.8, 4) is 11.5 Å². The molecule has 0 aliphatic rings. The summed E-state index contributed by atoms with van der Waals surface area (Å²) >= 11 is 0. The van der Waals surface area contributed by atoms with Crippen LogP contribution in [0.25, 0.3) is 0 Å². The topological polar surface area (TPSA) is 30.5 Å². The Hall–Kier alpha value is -2.14. The molecule has 0 heterocycles. The molecule has 21 heavy (non-hydrogen) atoms. The summed E-state index contributed by atoms with van der Waals surface area (Å²) in [4.78, 5) is 0. The first-order valence-electron chi connectivity index (χ1n) is 6.45. The van der Waals surface area contributed by atoms with Gasteiger partial charge in [0.2, 0.25) is 0 Å². The monoisotopic (exact) mass is 293 g/mol. The molecule has 0 fully saturated rings. The molecule has 1 atom stereocenters. The van der Waals surface area contributed by atoms with Crippen LogP contribution in [0.5, 0.6) is 11.5 Å². The lowest BCUT2D eigenvalue weighted by molar-refractivity contribution is 0.393. The molecule has 3 nitrogen and oxygen atoms in total. The van der Waals surface area contributed by atoms with Crippen LogP contribution in [0.3, 0.4) is 0 Å². The SMILES string of the molecule is CNC(c1cc(OC)ccc1OC)c1c(F)cccc1F. The second-order valence-corrected chi connectivity index (χ2v) is 4.46. The van der Waals surface area contributed by atoms with Gasteiger partial charge in [0.1, 0.15) is 23.1 Å². The van der Waals surface area contributed by atoms with Crippen molar-refractivity contribution in [2.45, 2.75) is 6.04 Å². The third kappa shape index (κ3) is 2.97. The molecule has 0 spiro atoms. The molecule has 1 N–H and O–H groups in total. The van der Waals surface area contributed by atoms with E-state index in [1.165, 1.54) is 32.4 Å². The van der Waals surface area contributed by atoms with Crippen LogP contribution >= 0.6 is 0 Å². The van der Waals surface area contributed by atoms with E-state index >= 15 is 0 Å². The zero-order chi connectivity index (χ0) is 15.4. The molecule has 0 radical (unpaired) electrons. The number of halogens is 2. The molecule has 0 amide bonds. The van der Waals surface area contributed by atoms with Gasteiger partial charge in [-0.25, -0.2) is 8.78 Å². The van der Waals surface area contributed by atoms with Gasteiger partial charge >= 0.3 is 0 Å². The van der Waals surface area contributed by atoms with E-state index in [-0.39, 0.29) is 5.56 Å². The van der Waals surface area contributed by atoms with Crippen molar-refractivity contribution < 1.29 is 18.3 Å². The highest BCUT2D eigenvalue weighted by molar-refractivity contribution is 5.46. The molecule has 0 bridgehead atoms. The van der Waals surface area contributed by atoms with Crippen LogP contribution in [0.15, 0.2) is 36.4 Å². The van der Waals surface area contributed by atoms with Gasteiger partial charge in [0.15, 0.2) is 0 Å². The minimum absolute atomic E-state index is 0.0495. The number of methoxy groups -OCH3 is 2. The Bertz CT molecular complexity index is 611. The van der Waals surface area contributed by atoms with Crippen LogP contribution < -0.4 is 14.8 Å². The predicted molar refractivity (Wildman–Crippen MR) is 76.8 cm³/mol. The Kier molecular flexibility index (Phi) is 4.75. The predicted octanol–water partition coefficient (Wildman–Crippen LogP) is 3.29. The number of ether oxygens (including phenoxy) is 2. The summed E-state index contributed by atoms with van der Waals surface area (Å²) in [6, 6.07) is 8.25. The Morgan fingerprint density at radius 1 is 1.00 bits per heavy atom. The van der Waals surface area contributed by atoms with Gasteiger partial charge in [0, 0.05) is 11.1 Å². The number of nitrogens with one attached hydrogen (secondary N) is 1. The normalized spacial score (nSPS) is 12.0. The molecule has 0 saturated heterocycles. The quantitative estimate of drug-likeness (QED) is 0.917. The van der Waals surface area contributed by atoms with Crippen molar-refractivity contribution in [2.24, 2.45) is 0 Å². The van der Waals surface area contributed by atoms with Gasteiger partial charge in [-0.2, -0.15) is 0 Å². The summed E-state index contributed by atoms with van der Waals surface area (Å²) in [5.41, 5.74) is 0.551. The van der Waals surface area contributed by atoms with E-state index in [2.05, 4.69) is 5.32 Å². The highest BCUT2D eigenvalue weighted by Crippen LogP contribution is 2.34. The molecule has 2 aromatic carbocycles. The Balaban J connectivity index is 2.61. The molecule has 0 aromatic heterocycles. The molecular weight excluding hydrogens is 276 g/mol. The van der Waals surface area contributed by atoms with E-state index in [1.807, 2.05) is 0 Å². The van der Waals surface area contributed by atoms with Crippen molar-refractivity contribution in [2.75, 3.05) is 21.3 Å². The van der Waals surface area contributed by atoms with Crippen LogP contribution in [-0.2, 0) is 0 Å². The molecule has 2 aromatic rings. The Morgan fingerprint density at radius 2 is 1.67 bits per heavy atom. The van der Waals surface area contributed by atoms with Gasteiger partial charge in [-0.3, -0.25) is 0 Å². The number of hydrogen-bond acceptors (Lipinski definition) is 3. The first-order valence-corrected chi connectivity index (χ1v) is 6.45. The highest BCUT2D eigenvalue weighted by atomic mass is 19.1. The largest absolute Gasteiger partial charge is 0.497 e. The molecule has 112 valence electrons. The second kappa shape index (κ2) is 6.54. The van der Waals surface area contributed by atoms with Gasteiger partial charge in [0.25, 0.3) is 0 Å². The van der Waals surface area contributed by atoms with Crippen molar-refractivity contribution in [3.05, 3.63) is 59.2 Å². The fourth-order valence-electron chi connectivity index (χ4n) is 2.31. The Labute approximate surface area is 122 Å². The molecule has 1 unspecified atom stereocenters. The summed E-state index contributed by atoms with van der Waals surface area (Å²) < 4.78 is 38.5. The number of benzene rings is 2. The van der Waals surface area contributed by atoms with Crippen molar-refractivity contribution in [3.63, 3.8) is 0 Å². The van der Waals surface area contributed by atoms with Gasteiger partial charge in [-0.1, -0.05) is 6.07 Å². The molecular formula is C16H17F2NO2. The minimum atomic E-state index is -0.684. The number of rotatable bonds is 5. The third-order valence-corrected chi connectivity index (χ3v) is 3.32. The zero-order valence-corrected chi connectivity index (χ0v) is 12.1. The van der Waals surface area contributed by atoms with Crippen LogP contribution in [0.1, 0.15) is 17.2 Å². The van der Waals surface area contributed by atoms with Crippen LogP contribution in [0, 0.1) is 11.6 Å². The average molecular weight is 293 g/mol. The maximum Gasteiger partial charge on any atom is 0.131 e. The summed E-state index contributed by atoms with van der Waals surface area (Å²) in [5, 5.41) is 2.93. The van der Waals surface area contributed by atoms with Crippen molar-refractivity contribution in [1.29, 1.82) is 0 Å². The molecule has 0 aliphatic heterocycles. The van der Waals surface area contributed by atoms with E-state index < -0.39 is 17.7 Å². The molecule has 0 aliphatic carbocycles. The lowest BCUT2D eigenvalue weighted by Gasteiger charge is -2.21. The summed E-state index contributed by atoms with van der Waals surface area (Å²) in [7, 11) is 4.68. The zero-order valence-electron chi connectivity index (χ0n) is 12.1. The van der Waals surface area contributed by atoms with Gasteiger partial charge in [0.05, 0.1) is 20.3 Å². The number of hydrogen-bond donors (Lipinski definition) is 1. The van der Waals surface area contributed by atoms with E-state index in [4.69, 9.17) is 9.47 Å². The van der Waals surface area contributed by atoms with E-state index in [0.29, 0.717) is 17.1 Å². The lowest BCUT2D eigenvalue weighted by atomic mass is 9.96. The van der Waals surface area contributed by atoms with Crippen LogP contribution in [-0.4, -0.2) is 21.3 Å².